The molecule has 11 rings (SSSR count). The third-order valence-electron chi connectivity index (χ3n) is 17.2. The number of rotatable bonds is 17. The van der Waals surface area contributed by atoms with Gasteiger partial charge in [0.15, 0.2) is 23.1 Å². The molecule has 3 aromatic carbocycles. The number of hydrogen-bond donors (Lipinski definition) is 13. The molecule has 15 N–H and O–H groups in total. The highest BCUT2D eigenvalue weighted by Gasteiger charge is 2.52. The number of hydrogen-bond acceptors (Lipinski definition) is 22. The molecule has 0 unspecified atom stereocenters. The van der Waals surface area contributed by atoms with Gasteiger partial charge in [-0.1, -0.05) is 55.3 Å². The number of dihydropyridines is 1. The monoisotopic (exact) mass is 1120 g/mol. The number of benzene rings is 3. The van der Waals surface area contributed by atoms with E-state index in [0.29, 0.717) is 41.0 Å². The van der Waals surface area contributed by atoms with Crippen molar-refractivity contribution in [2.75, 3.05) is 57.8 Å². The molecule has 23 nitrogen and oxygen atoms in total. The number of amides is 1. The average molecular weight is 1120 g/mol. The third-order valence-corrected chi connectivity index (χ3v) is 17.2. The number of anilines is 1. The molecule has 1 amide bonds. The van der Waals surface area contributed by atoms with Gasteiger partial charge in [-0.05, 0) is 72.6 Å². The second kappa shape index (κ2) is 24.0. The molecular formula is C58H72N8O15. The van der Waals surface area contributed by atoms with Gasteiger partial charge < -0.3 is 85.7 Å². The molecule has 3 aromatic rings. The first-order valence-corrected chi connectivity index (χ1v) is 28.0. The summed E-state index contributed by atoms with van der Waals surface area (Å²) in [5, 5.41) is 84.0. The molecule has 0 radical (unpaired) electrons. The lowest BCUT2D eigenvalue weighted by Crippen LogP contribution is -2.70. The van der Waals surface area contributed by atoms with Crippen molar-refractivity contribution in [2.24, 2.45) is 22.8 Å². The summed E-state index contributed by atoms with van der Waals surface area (Å²) in [7, 11) is 0. The number of fused-ring (bicyclic) bond motifs is 7. The van der Waals surface area contributed by atoms with Crippen molar-refractivity contribution in [1.82, 2.24) is 26.6 Å². The number of carbonyl (C=O) groups excluding carboxylic acids is 4. The first kappa shape index (κ1) is 56.7. The Balaban J connectivity index is 1.10. The van der Waals surface area contributed by atoms with Crippen molar-refractivity contribution in [3.63, 3.8) is 0 Å². The zero-order valence-electron chi connectivity index (χ0n) is 44.7. The second-order valence-corrected chi connectivity index (χ2v) is 22.3. The van der Waals surface area contributed by atoms with Crippen molar-refractivity contribution in [2.45, 2.75) is 125 Å². The smallest absolute Gasteiger partial charge is 0.242 e. The lowest BCUT2D eigenvalue weighted by Gasteiger charge is -2.45. The maximum Gasteiger partial charge on any atom is 0.242 e. The minimum absolute atomic E-state index is 0.0429. The summed E-state index contributed by atoms with van der Waals surface area (Å²) in [6, 6.07) is 12.6. The molecule has 5 heterocycles. The molecule has 2 bridgehead atoms. The number of aliphatic hydroxyl groups excluding tert-OH is 6. The van der Waals surface area contributed by atoms with E-state index in [1.165, 1.54) is 12.1 Å². The fourth-order valence-corrected chi connectivity index (χ4v) is 13.1. The highest BCUT2D eigenvalue weighted by atomic mass is 16.7. The van der Waals surface area contributed by atoms with Crippen molar-refractivity contribution < 1.29 is 73.5 Å². The summed E-state index contributed by atoms with van der Waals surface area (Å²) in [5.74, 6) is -3.25. The minimum atomic E-state index is -1.75. The predicted octanol–water partition coefficient (Wildman–Crippen LogP) is -0.783. The van der Waals surface area contributed by atoms with Crippen molar-refractivity contribution >= 4 is 29.4 Å². The Kier molecular flexibility index (Phi) is 16.8. The maximum absolute atomic E-state index is 15.3. The number of carbonyl (C=O) groups is 4. The summed E-state index contributed by atoms with van der Waals surface area (Å²) in [6.45, 7) is -1.86. The van der Waals surface area contributed by atoms with Gasteiger partial charge >= 0.3 is 0 Å². The largest absolute Gasteiger partial charge is 0.486 e. The first-order valence-electron chi connectivity index (χ1n) is 28.0. The van der Waals surface area contributed by atoms with Crippen LogP contribution in [0.15, 0.2) is 83.7 Å². The van der Waals surface area contributed by atoms with E-state index in [2.05, 4.69) is 26.6 Å². The zero-order chi connectivity index (χ0) is 56.7. The van der Waals surface area contributed by atoms with E-state index in [1.54, 1.807) is 12.1 Å². The number of aldehydes is 1. The van der Waals surface area contributed by atoms with Crippen molar-refractivity contribution in [3.8, 4) is 11.5 Å². The Morgan fingerprint density at radius 1 is 0.975 bits per heavy atom. The topological polar surface area (TPSA) is 351 Å². The Labute approximate surface area is 467 Å². The molecule has 1 saturated carbocycles. The molecule has 3 aliphatic carbocycles. The van der Waals surface area contributed by atoms with Crippen LogP contribution in [0, 0.1) is 11.3 Å². The van der Waals surface area contributed by atoms with Crippen LogP contribution in [0.1, 0.15) is 99.4 Å². The highest BCUT2D eigenvalue weighted by Crippen LogP contribution is 2.52. The molecule has 4 fully saturated rings. The fourth-order valence-electron chi connectivity index (χ4n) is 13.1. The maximum atomic E-state index is 15.3. The van der Waals surface area contributed by atoms with Crippen LogP contribution in [-0.2, 0) is 30.4 Å². The summed E-state index contributed by atoms with van der Waals surface area (Å²) < 4.78 is 33.7. The molecule has 23 heteroatoms. The Morgan fingerprint density at radius 2 is 1.79 bits per heavy atom. The van der Waals surface area contributed by atoms with Gasteiger partial charge in [-0.15, -0.1) is 0 Å². The second-order valence-electron chi connectivity index (χ2n) is 22.3. The number of aliphatic hydroxyl groups is 6. The summed E-state index contributed by atoms with van der Waals surface area (Å²) in [4.78, 5) is 57.6. The molecule has 0 aromatic heterocycles. The van der Waals surface area contributed by atoms with E-state index in [4.69, 9.17) is 35.2 Å². The average Bonchev–Trinajstić information content (AvgIpc) is 4.25. The summed E-state index contributed by atoms with van der Waals surface area (Å²) in [5.41, 5.74) is 14.6. The van der Waals surface area contributed by atoms with Crippen LogP contribution in [0.4, 0.5) is 5.69 Å². The molecule has 0 spiro atoms. The SMILES string of the molecule is NC1=C2C(=CCN1)[C@](CO)(CO[C@@H]1[C@H]3Oc4c(cc5c(c4OC[C@H](O)CC=O)C(=O)c4cc(CO)ccc4C5=O)[C@H](c4ccccc4N4CN[C@@H]5C(=O)N[C@H](N)N[C@H]54)[C@@H](CCCO)COC[C@H](O3)[C@H](O)[C@H]1O)C=C[C@H]2NC1CCCC1. The van der Waals surface area contributed by atoms with Crippen LogP contribution in [-0.4, -0.2) is 175 Å². The van der Waals surface area contributed by atoms with Gasteiger partial charge in [-0.25, -0.2) is 0 Å². The number of ketones is 2. The molecule has 13 atom stereocenters. The van der Waals surface area contributed by atoms with Crippen LogP contribution < -0.4 is 52.4 Å². The lowest BCUT2D eigenvalue weighted by molar-refractivity contribution is -0.292. The zero-order valence-corrected chi connectivity index (χ0v) is 44.7. The molecule has 3 saturated heterocycles. The van der Waals surface area contributed by atoms with Gasteiger partial charge in [-0.2, -0.15) is 0 Å². The number of nitrogens with one attached hydrogen (secondary N) is 5. The highest BCUT2D eigenvalue weighted by molar-refractivity contribution is 6.29. The molecular weight excluding hydrogens is 1050 g/mol. The van der Waals surface area contributed by atoms with Crippen molar-refractivity contribution in [3.05, 3.63) is 123 Å². The van der Waals surface area contributed by atoms with Crippen LogP contribution in [0.3, 0.4) is 0 Å². The minimum Gasteiger partial charge on any atom is -0.486 e. The lowest BCUT2D eigenvalue weighted by atomic mass is 9.70. The van der Waals surface area contributed by atoms with Gasteiger partial charge in [0, 0.05) is 65.0 Å². The van der Waals surface area contributed by atoms with E-state index in [9.17, 15) is 40.2 Å². The predicted molar refractivity (Wildman–Crippen MR) is 290 cm³/mol. The molecule has 81 heavy (non-hydrogen) atoms. The number of nitrogens with two attached hydrogens (primary N) is 2. The Bertz CT molecular complexity index is 2990. The fraction of sp³-hybridized carbons (Fsp3) is 0.517. The van der Waals surface area contributed by atoms with Crippen molar-refractivity contribution in [1.29, 1.82) is 0 Å². The standard InChI is InChI=1S/C58H72N8O15/c59-53-44-38(14-17-61-53)58(26-70,16-13-39(44)63-31-7-1-2-8-31)27-79-52-49(75)48(74)41-25-77-23-30(6-5-18-67)42(34-9-3-4-10-40(34)66-28-62-45-54(66)64-57(60)65-55(45)76)37-21-36-43(47(73)35-20-29(22-69)11-12-33(35)46(36)72)51(50(37)81-56(52)80-41)78-24-32(71)15-19-68/h3-4,9-14,16,19-21,30-32,39,41-42,45,48-49,52,54,56-57,61-64,67,69-71,74-75H,1-2,5-8,15,17-18,22-28,59-60H2,(H,65,76)/t30-,32+,39+,41-,42-,45-,48-,49+,52-,54-,56+,57+,58+/m0/s1. The van der Waals surface area contributed by atoms with Crippen LogP contribution in [0.5, 0.6) is 11.5 Å². The number of ether oxygens (including phenoxy) is 5. The van der Waals surface area contributed by atoms with Crippen LogP contribution in [0.25, 0.3) is 0 Å². The van der Waals surface area contributed by atoms with Gasteiger partial charge in [0.1, 0.15) is 61.6 Å². The van der Waals surface area contributed by atoms with Gasteiger partial charge in [0.2, 0.25) is 12.2 Å². The van der Waals surface area contributed by atoms with E-state index < -0.39 is 104 Å². The van der Waals surface area contributed by atoms with E-state index in [-0.39, 0.29) is 110 Å². The van der Waals surface area contributed by atoms with Crippen LogP contribution in [0.2, 0.25) is 0 Å². The van der Waals surface area contributed by atoms with Gasteiger partial charge in [0.05, 0.1) is 62.8 Å². The first-order chi connectivity index (χ1) is 39.3. The normalized spacial score (nSPS) is 31.3. The third kappa shape index (κ3) is 10.7. The van der Waals surface area contributed by atoms with E-state index in [0.717, 1.165) is 31.3 Å². The van der Waals surface area contributed by atoms with E-state index in [1.807, 2.05) is 47.4 Å². The quantitative estimate of drug-likeness (QED) is 0.0455. The Hall–Kier alpha value is -6.16. The number of para-hydroxylation sites is 1. The summed E-state index contributed by atoms with van der Waals surface area (Å²) >= 11 is 0. The molecule has 5 aliphatic heterocycles. The summed E-state index contributed by atoms with van der Waals surface area (Å²) in [6.07, 6.45) is -0.257. The molecule has 434 valence electrons. The Morgan fingerprint density at radius 3 is 2.57 bits per heavy atom. The van der Waals surface area contributed by atoms with Gasteiger partial charge in [0.25, 0.3) is 0 Å². The van der Waals surface area contributed by atoms with Crippen LogP contribution >= 0.6 is 0 Å². The van der Waals surface area contributed by atoms with Gasteiger partial charge in [-0.3, -0.25) is 30.8 Å². The number of nitrogens with zero attached hydrogens (tertiary/aromatic N) is 1. The van der Waals surface area contributed by atoms with E-state index >= 15 is 9.59 Å². The molecule has 8 aliphatic rings.